The van der Waals surface area contributed by atoms with Crippen molar-refractivity contribution >= 4 is 39.5 Å². The second-order valence-electron chi connectivity index (χ2n) is 1.33. The molecule has 0 aromatic heterocycles. The maximum Gasteiger partial charge on any atom is 0.279 e. The van der Waals surface area contributed by atoms with E-state index in [1.165, 1.54) is 0 Å². The van der Waals surface area contributed by atoms with Gasteiger partial charge in [0, 0.05) is 11.1 Å². The molecule has 0 heterocycles. The van der Waals surface area contributed by atoms with Crippen LogP contribution in [-0.2, 0) is 0 Å². The number of alkyl halides is 1. The summed E-state index contributed by atoms with van der Waals surface area (Å²) < 4.78 is -0.391. The van der Waals surface area contributed by atoms with Gasteiger partial charge in [0.1, 0.15) is 0 Å². The first-order chi connectivity index (χ1) is 3.63. The van der Waals surface area contributed by atoms with E-state index in [-0.39, 0.29) is 5.38 Å². The van der Waals surface area contributed by atoms with Crippen molar-refractivity contribution < 1.29 is 4.79 Å². The van der Waals surface area contributed by atoms with E-state index < -0.39 is 4.57 Å². The van der Waals surface area contributed by atoms with Crippen LogP contribution in [0.1, 0.15) is 6.92 Å². The molecule has 0 radical (unpaired) electrons. The quantitative estimate of drug-likeness (QED) is 0.471. The van der Waals surface area contributed by atoms with E-state index in [4.69, 9.17) is 23.2 Å². The molecule has 0 aliphatic carbocycles. The smallest absolute Gasteiger partial charge is 0.268 e. The lowest BCUT2D eigenvalue weighted by atomic mass is 10.6. The van der Waals surface area contributed by atoms with Crippen LogP contribution in [-0.4, -0.2) is 15.7 Å². The van der Waals surface area contributed by atoms with Crippen LogP contribution >= 0.6 is 35.0 Å². The summed E-state index contributed by atoms with van der Waals surface area (Å²) in [4.78, 5) is 10.0. The second kappa shape index (κ2) is 4.48. The van der Waals surface area contributed by atoms with Crippen LogP contribution in [0.2, 0.25) is 0 Å². The molecule has 0 saturated heterocycles. The summed E-state index contributed by atoms with van der Waals surface area (Å²) in [6, 6.07) is 0. The van der Waals surface area contributed by atoms with Crippen molar-refractivity contribution in [3.63, 3.8) is 0 Å². The van der Waals surface area contributed by atoms with Crippen molar-refractivity contribution in [1.29, 1.82) is 0 Å². The minimum atomic E-state index is -0.391. The average Bonchev–Trinajstić information content (AvgIpc) is 1.61. The summed E-state index contributed by atoms with van der Waals surface area (Å²) >= 11 is 11.5. The van der Waals surface area contributed by atoms with Crippen molar-refractivity contribution in [2.24, 2.45) is 0 Å². The molecule has 0 aliphatic heterocycles. The van der Waals surface area contributed by atoms with E-state index in [9.17, 15) is 4.79 Å². The molecule has 8 heavy (non-hydrogen) atoms. The first kappa shape index (κ1) is 8.60. The molecule has 1 unspecified atom stereocenters. The van der Waals surface area contributed by atoms with Crippen LogP contribution in [0, 0.1) is 0 Å². The molecule has 48 valence electrons. The Bertz CT molecular complexity index is 84.1. The van der Waals surface area contributed by atoms with E-state index in [2.05, 4.69) is 0 Å². The third kappa shape index (κ3) is 6.60. The molecule has 0 aromatic carbocycles. The van der Waals surface area contributed by atoms with Crippen LogP contribution in [0.5, 0.6) is 0 Å². The van der Waals surface area contributed by atoms with Gasteiger partial charge in [0.05, 0.1) is 0 Å². The molecular formula is C4H6Cl2OS. The van der Waals surface area contributed by atoms with E-state index in [1.54, 1.807) is 0 Å². The molecule has 4 heteroatoms. The number of rotatable bonds is 2. The molecule has 0 fully saturated rings. The van der Waals surface area contributed by atoms with Crippen LogP contribution in [0.3, 0.4) is 0 Å². The molecule has 0 N–H and O–H groups in total. The van der Waals surface area contributed by atoms with E-state index in [0.29, 0.717) is 5.75 Å². The van der Waals surface area contributed by atoms with Gasteiger partial charge >= 0.3 is 0 Å². The van der Waals surface area contributed by atoms with Gasteiger partial charge in [0.15, 0.2) is 0 Å². The standard InChI is InChI=1S/C4H6Cl2OS/c1-3(5)2-8-4(6)7/h3H,2H2,1H3. The summed E-state index contributed by atoms with van der Waals surface area (Å²) in [7, 11) is 0. The predicted octanol–water partition coefficient (Wildman–Crippen LogP) is 2.71. The third-order valence-electron chi connectivity index (χ3n) is 0.426. The lowest BCUT2D eigenvalue weighted by Gasteiger charge is -1.94. The van der Waals surface area contributed by atoms with Gasteiger partial charge in [-0.25, -0.2) is 0 Å². The lowest BCUT2D eigenvalue weighted by molar-refractivity contribution is 0.276. The van der Waals surface area contributed by atoms with E-state index in [0.717, 1.165) is 11.8 Å². The fourth-order valence-electron chi connectivity index (χ4n) is 0.180. The van der Waals surface area contributed by atoms with E-state index >= 15 is 0 Å². The molecule has 1 nitrogen and oxygen atoms in total. The average molecular weight is 173 g/mol. The lowest BCUT2D eigenvalue weighted by Crippen LogP contribution is -1.94. The highest BCUT2D eigenvalue weighted by Crippen LogP contribution is 2.11. The fourth-order valence-corrected chi connectivity index (χ4v) is 0.919. The highest BCUT2D eigenvalue weighted by Gasteiger charge is 1.99. The Morgan fingerprint density at radius 3 is 2.50 bits per heavy atom. The van der Waals surface area contributed by atoms with Crippen molar-refractivity contribution in [2.45, 2.75) is 12.3 Å². The second-order valence-corrected chi connectivity index (χ2v) is 3.63. The zero-order valence-corrected chi connectivity index (χ0v) is 6.69. The molecule has 0 bridgehead atoms. The van der Waals surface area contributed by atoms with Gasteiger partial charge in [-0.3, -0.25) is 4.79 Å². The zero-order valence-electron chi connectivity index (χ0n) is 4.36. The number of thioether (sulfide) groups is 1. The SMILES string of the molecule is CC(Cl)CSC(=O)Cl. The summed E-state index contributed by atoms with van der Waals surface area (Å²) in [5.74, 6) is 0.587. The third-order valence-corrected chi connectivity index (χ3v) is 1.98. The number of carbonyl (C=O) groups excluding carboxylic acids is 1. The summed E-state index contributed by atoms with van der Waals surface area (Å²) in [5, 5.41) is 0.0164. The van der Waals surface area contributed by atoms with Crippen molar-refractivity contribution in [3.8, 4) is 0 Å². The first-order valence-corrected chi connectivity index (χ1v) is 3.89. The monoisotopic (exact) mass is 172 g/mol. The molecular weight excluding hydrogens is 167 g/mol. The maximum atomic E-state index is 10.0. The molecule has 0 spiro atoms. The summed E-state index contributed by atoms with van der Waals surface area (Å²) in [6.07, 6.45) is 0. The molecule has 0 aromatic rings. The van der Waals surface area contributed by atoms with E-state index in [1.807, 2.05) is 6.92 Å². The van der Waals surface area contributed by atoms with Gasteiger partial charge in [-0.2, -0.15) is 0 Å². The molecule has 0 saturated carbocycles. The highest BCUT2D eigenvalue weighted by molar-refractivity contribution is 8.16. The number of hydrogen-bond acceptors (Lipinski definition) is 2. The Kier molecular flexibility index (Phi) is 4.81. The number of hydrogen-bond donors (Lipinski definition) is 0. The summed E-state index contributed by atoms with van der Waals surface area (Å²) in [5.41, 5.74) is 0. The fraction of sp³-hybridized carbons (Fsp3) is 0.750. The molecule has 0 aliphatic rings. The van der Waals surface area contributed by atoms with Gasteiger partial charge in [-0.15, -0.1) is 11.6 Å². The highest BCUT2D eigenvalue weighted by atomic mass is 35.5. The predicted molar refractivity (Wildman–Crippen MR) is 39.0 cm³/mol. The number of halogens is 2. The Morgan fingerprint density at radius 2 is 2.38 bits per heavy atom. The van der Waals surface area contributed by atoms with Crippen molar-refractivity contribution in [1.82, 2.24) is 0 Å². The zero-order chi connectivity index (χ0) is 6.57. The van der Waals surface area contributed by atoms with Gasteiger partial charge in [-0.1, -0.05) is 11.8 Å². The normalized spacial score (nSPS) is 13.4. The minimum absolute atomic E-state index is 0.0164. The minimum Gasteiger partial charge on any atom is -0.268 e. The van der Waals surface area contributed by atoms with Gasteiger partial charge in [0.25, 0.3) is 4.57 Å². The largest absolute Gasteiger partial charge is 0.279 e. The Morgan fingerprint density at radius 1 is 1.88 bits per heavy atom. The van der Waals surface area contributed by atoms with Crippen LogP contribution in [0.25, 0.3) is 0 Å². The molecule has 0 rings (SSSR count). The van der Waals surface area contributed by atoms with Gasteiger partial charge in [-0.05, 0) is 18.5 Å². The first-order valence-electron chi connectivity index (χ1n) is 2.09. The van der Waals surface area contributed by atoms with Crippen molar-refractivity contribution in [2.75, 3.05) is 5.75 Å². The Hall–Kier alpha value is 0.600. The summed E-state index contributed by atoms with van der Waals surface area (Å²) in [6.45, 7) is 1.81. The van der Waals surface area contributed by atoms with Gasteiger partial charge < -0.3 is 0 Å². The van der Waals surface area contributed by atoms with Crippen LogP contribution in [0.15, 0.2) is 0 Å². The topological polar surface area (TPSA) is 17.1 Å². The Balaban J connectivity index is 3.05. The van der Waals surface area contributed by atoms with Crippen LogP contribution < -0.4 is 0 Å². The van der Waals surface area contributed by atoms with Crippen molar-refractivity contribution in [3.05, 3.63) is 0 Å². The molecule has 1 atom stereocenters. The molecule has 0 amide bonds. The maximum absolute atomic E-state index is 10.0. The van der Waals surface area contributed by atoms with Crippen LogP contribution in [0.4, 0.5) is 4.79 Å². The Labute approximate surface area is 62.7 Å². The number of carbonyl (C=O) groups is 1. The van der Waals surface area contributed by atoms with Gasteiger partial charge in [0.2, 0.25) is 0 Å².